The lowest BCUT2D eigenvalue weighted by Crippen LogP contribution is -2.24. The molecule has 1 aromatic carbocycles. The molecule has 0 unspecified atom stereocenters. The van der Waals surface area contributed by atoms with Crippen LogP contribution < -0.4 is 11.1 Å². The van der Waals surface area contributed by atoms with Crippen LogP contribution in [0.15, 0.2) is 30.6 Å². The standard InChI is InChI=1S/C11H13N5O/c1-16-7-14-15-10(16)6-13-11(17)8-3-2-4-9(12)5-8/h2-5,7H,6,12H2,1H3,(H,13,17). The van der Waals surface area contributed by atoms with Gasteiger partial charge >= 0.3 is 0 Å². The number of hydrogen-bond donors (Lipinski definition) is 2. The lowest BCUT2D eigenvalue weighted by Gasteiger charge is -2.05. The van der Waals surface area contributed by atoms with Crippen LogP contribution in [0.2, 0.25) is 0 Å². The lowest BCUT2D eigenvalue weighted by molar-refractivity contribution is 0.0949. The highest BCUT2D eigenvalue weighted by Crippen LogP contribution is 2.06. The second-order valence-corrected chi connectivity index (χ2v) is 3.67. The van der Waals surface area contributed by atoms with Gasteiger partial charge in [-0.25, -0.2) is 0 Å². The van der Waals surface area contributed by atoms with Gasteiger partial charge in [0, 0.05) is 18.3 Å². The van der Waals surface area contributed by atoms with Gasteiger partial charge in [-0.05, 0) is 18.2 Å². The Hall–Kier alpha value is -2.37. The summed E-state index contributed by atoms with van der Waals surface area (Å²) >= 11 is 0. The Morgan fingerprint density at radius 1 is 1.53 bits per heavy atom. The first kappa shape index (κ1) is 11.1. The van der Waals surface area contributed by atoms with Crippen molar-refractivity contribution >= 4 is 11.6 Å². The molecule has 0 atom stereocenters. The fraction of sp³-hybridized carbons (Fsp3) is 0.182. The number of carbonyl (C=O) groups is 1. The highest BCUT2D eigenvalue weighted by Gasteiger charge is 2.07. The Bertz CT molecular complexity index is 534. The lowest BCUT2D eigenvalue weighted by atomic mass is 10.2. The van der Waals surface area contributed by atoms with E-state index in [4.69, 9.17) is 5.73 Å². The third-order valence-electron chi connectivity index (χ3n) is 2.36. The second-order valence-electron chi connectivity index (χ2n) is 3.67. The molecule has 17 heavy (non-hydrogen) atoms. The number of carbonyl (C=O) groups excluding carboxylic acids is 1. The zero-order chi connectivity index (χ0) is 12.3. The van der Waals surface area contributed by atoms with E-state index in [0.29, 0.717) is 23.6 Å². The van der Waals surface area contributed by atoms with E-state index in [-0.39, 0.29) is 5.91 Å². The van der Waals surface area contributed by atoms with E-state index >= 15 is 0 Å². The molecule has 2 aromatic rings. The molecular formula is C11H13N5O. The number of nitrogens with one attached hydrogen (secondary N) is 1. The van der Waals surface area contributed by atoms with Crippen LogP contribution in [0, 0.1) is 0 Å². The third-order valence-corrected chi connectivity index (χ3v) is 2.36. The van der Waals surface area contributed by atoms with Crippen molar-refractivity contribution in [2.24, 2.45) is 7.05 Å². The minimum Gasteiger partial charge on any atom is -0.399 e. The average Bonchev–Trinajstić information content (AvgIpc) is 2.72. The quantitative estimate of drug-likeness (QED) is 0.745. The van der Waals surface area contributed by atoms with E-state index in [1.54, 1.807) is 35.2 Å². The molecule has 1 heterocycles. The first-order valence-electron chi connectivity index (χ1n) is 5.13. The van der Waals surface area contributed by atoms with E-state index < -0.39 is 0 Å². The van der Waals surface area contributed by atoms with Crippen molar-refractivity contribution in [1.82, 2.24) is 20.1 Å². The maximum atomic E-state index is 11.8. The molecule has 2 rings (SSSR count). The van der Waals surface area contributed by atoms with Gasteiger partial charge in [-0.3, -0.25) is 4.79 Å². The van der Waals surface area contributed by atoms with Crippen LogP contribution in [0.4, 0.5) is 5.69 Å². The molecule has 0 aliphatic carbocycles. The molecular weight excluding hydrogens is 218 g/mol. The first-order chi connectivity index (χ1) is 8.16. The summed E-state index contributed by atoms with van der Waals surface area (Å²) in [5.74, 6) is 0.516. The molecule has 0 radical (unpaired) electrons. The van der Waals surface area contributed by atoms with Crippen LogP contribution in [0.1, 0.15) is 16.2 Å². The van der Waals surface area contributed by atoms with E-state index in [0.717, 1.165) is 0 Å². The molecule has 1 amide bonds. The van der Waals surface area contributed by atoms with Gasteiger partial charge in [0.1, 0.15) is 6.33 Å². The molecule has 6 nitrogen and oxygen atoms in total. The molecule has 0 fully saturated rings. The molecule has 88 valence electrons. The number of hydrogen-bond acceptors (Lipinski definition) is 4. The summed E-state index contributed by atoms with van der Waals surface area (Å²) in [5, 5.41) is 10.4. The predicted octanol–water partition coefficient (Wildman–Crippen LogP) is 0.327. The minimum atomic E-state index is -0.180. The van der Waals surface area contributed by atoms with Crippen molar-refractivity contribution in [3.05, 3.63) is 42.0 Å². The van der Waals surface area contributed by atoms with Crippen molar-refractivity contribution in [2.75, 3.05) is 5.73 Å². The van der Waals surface area contributed by atoms with Crippen molar-refractivity contribution in [1.29, 1.82) is 0 Å². The van der Waals surface area contributed by atoms with Gasteiger partial charge < -0.3 is 15.6 Å². The number of aromatic nitrogens is 3. The number of nitrogens with zero attached hydrogens (tertiary/aromatic N) is 3. The molecule has 0 spiro atoms. The smallest absolute Gasteiger partial charge is 0.251 e. The highest BCUT2D eigenvalue weighted by molar-refractivity contribution is 5.94. The predicted molar refractivity (Wildman–Crippen MR) is 63.0 cm³/mol. The van der Waals surface area contributed by atoms with E-state index in [1.807, 2.05) is 7.05 Å². The van der Waals surface area contributed by atoms with Crippen LogP contribution >= 0.6 is 0 Å². The van der Waals surface area contributed by atoms with Crippen LogP contribution in [0.3, 0.4) is 0 Å². The van der Waals surface area contributed by atoms with E-state index in [1.165, 1.54) is 0 Å². The first-order valence-corrected chi connectivity index (χ1v) is 5.13. The number of aryl methyl sites for hydroxylation is 1. The van der Waals surface area contributed by atoms with Gasteiger partial charge in [0.15, 0.2) is 5.82 Å². The summed E-state index contributed by atoms with van der Waals surface area (Å²) in [6.07, 6.45) is 1.59. The Morgan fingerprint density at radius 2 is 2.35 bits per heavy atom. The number of amides is 1. The minimum absolute atomic E-state index is 0.180. The Kier molecular flexibility index (Phi) is 3.04. The van der Waals surface area contributed by atoms with Crippen LogP contribution in [0.5, 0.6) is 0 Å². The van der Waals surface area contributed by atoms with Gasteiger partial charge in [-0.15, -0.1) is 10.2 Å². The average molecular weight is 231 g/mol. The van der Waals surface area contributed by atoms with Crippen molar-refractivity contribution in [3.63, 3.8) is 0 Å². The molecule has 6 heteroatoms. The summed E-state index contributed by atoms with van der Waals surface area (Å²) < 4.78 is 1.75. The zero-order valence-electron chi connectivity index (χ0n) is 9.42. The van der Waals surface area contributed by atoms with Crippen molar-refractivity contribution < 1.29 is 4.79 Å². The largest absolute Gasteiger partial charge is 0.399 e. The normalized spacial score (nSPS) is 10.2. The molecule has 1 aromatic heterocycles. The second kappa shape index (κ2) is 4.65. The monoisotopic (exact) mass is 231 g/mol. The van der Waals surface area contributed by atoms with Crippen molar-refractivity contribution in [3.8, 4) is 0 Å². The fourth-order valence-corrected chi connectivity index (χ4v) is 1.41. The van der Waals surface area contributed by atoms with Gasteiger partial charge in [0.05, 0.1) is 6.54 Å². The van der Waals surface area contributed by atoms with Gasteiger partial charge in [0.2, 0.25) is 0 Å². The fourth-order valence-electron chi connectivity index (χ4n) is 1.41. The van der Waals surface area contributed by atoms with E-state index in [9.17, 15) is 4.79 Å². The molecule has 0 bridgehead atoms. The van der Waals surface area contributed by atoms with E-state index in [2.05, 4.69) is 15.5 Å². The third kappa shape index (κ3) is 2.60. The Labute approximate surface area is 98.5 Å². The maximum Gasteiger partial charge on any atom is 0.251 e. The molecule has 3 N–H and O–H groups in total. The number of benzene rings is 1. The van der Waals surface area contributed by atoms with Gasteiger partial charge in [-0.2, -0.15) is 0 Å². The van der Waals surface area contributed by atoms with Crippen LogP contribution in [-0.2, 0) is 13.6 Å². The van der Waals surface area contributed by atoms with Crippen LogP contribution in [-0.4, -0.2) is 20.7 Å². The summed E-state index contributed by atoms with van der Waals surface area (Å²) in [6.45, 7) is 0.337. The van der Waals surface area contributed by atoms with Gasteiger partial charge in [0.25, 0.3) is 5.91 Å². The Morgan fingerprint density at radius 3 is 3.00 bits per heavy atom. The maximum absolute atomic E-state index is 11.8. The summed E-state index contributed by atoms with van der Waals surface area (Å²) in [6, 6.07) is 6.82. The Balaban J connectivity index is 2.01. The van der Waals surface area contributed by atoms with Gasteiger partial charge in [-0.1, -0.05) is 6.07 Å². The molecule has 0 saturated heterocycles. The number of rotatable bonds is 3. The highest BCUT2D eigenvalue weighted by atomic mass is 16.1. The zero-order valence-corrected chi connectivity index (χ0v) is 9.42. The number of anilines is 1. The SMILES string of the molecule is Cn1cnnc1CNC(=O)c1cccc(N)c1. The molecule has 0 saturated carbocycles. The molecule has 0 aliphatic heterocycles. The number of nitrogen functional groups attached to an aromatic ring is 1. The number of nitrogens with two attached hydrogens (primary N) is 1. The summed E-state index contributed by atoms with van der Waals surface area (Å²) in [7, 11) is 1.82. The van der Waals surface area contributed by atoms with Crippen LogP contribution in [0.25, 0.3) is 0 Å². The molecule has 0 aliphatic rings. The summed E-state index contributed by atoms with van der Waals surface area (Å²) in [4.78, 5) is 11.8. The summed E-state index contributed by atoms with van der Waals surface area (Å²) in [5.41, 5.74) is 6.71. The topological polar surface area (TPSA) is 85.8 Å². The van der Waals surface area contributed by atoms with Crippen molar-refractivity contribution in [2.45, 2.75) is 6.54 Å².